The molecule has 0 saturated carbocycles. The van der Waals surface area contributed by atoms with Crippen LogP contribution in [0.15, 0.2) is 60.9 Å². The lowest BCUT2D eigenvalue weighted by Crippen LogP contribution is -2.51. The number of benzene rings is 4. The molecule has 5 fully saturated rings. The molecule has 14 nitrogen and oxygen atoms in total. The Balaban J connectivity index is 0.000000148. The van der Waals surface area contributed by atoms with Gasteiger partial charge in [-0.25, -0.2) is 27.5 Å². The van der Waals surface area contributed by atoms with Gasteiger partial charge in [-0.3, -0.25) is 9.97 Å². The summed E-state index contributed by atoms with van der Waals surface area (Å²) in [5, 5.41) is 30.4. The van der Waals surface area contributed by atoms with Crippen molar-refractivity contribution in [3.8, 4) is 64.7 Å². The van der Waals surface area contributed by atoms with Crippen LogP contribution in [0.4, 0.5) is 29.2 Å². The summed E-state index contributed by atoms with van der Waals surface area (Å²) < 4.78 is 67.0. The predicted octanol–water partition coefficient (Wildman–Crippen LogP) is 10.5. The maximum absolute atomic E-state index is 16.4. The van der Waals surface area contributed by atoms with Crippen LogP contribution in [-0.4, -0.2) is 122 Å². The molecule has 5 atom stereocenters. The molecule has 4 N–H and O–H groups in total. The molecule has 0 amide bonds. The average Bonchev–Trinajstić information content (AvgIpc) is 4.24. The average molecular weight is 1090 g/mol. The number of nitrogens with zero attached hydrogens (tertiary/aromatic N) is 9. The number of rotatable bonds is 8. The number of hydrogen-bond acceptors (Lipinski definition) is 14. The minimum Gasteiger partial charge on any atom is -0.508 e. The monoisotopic (exact) mass is 1090 g/mol. The number of aromatic nitrogens is 6. The molecule has 9 heterocycles. The third-order valence-electron chi connectivity index (χ3n) is 16.4. The number of anilines is 2. The van der Waals surface area contributed by atoms with Gasteiger partial charge in [-0.2, -0.15) is 9.97 Å². The van der Waals surface area contributed by atoms with Gasteiger partial charge in [-0.05, 0) is 119 Å². The Morgan fingerprint density at radius 2 is 1.10 bits per heavy atom. The van der Waals surface area contributed by atoms with E-state index in [0.29, 0.717) is 68.6 Å². The van der Waals surface area contributed by atoms with Crippen molar-refractivity contribution < 1.29 is 32.5 Å². The van der Waals surface area contributed by atoms with Gasteiger partial charge in [0.1, 0.15) is 63.0 Å². The first-order valence-corrected chi connectivity index (χ1v) is 27.5. The number of phenols is 2. The van der Waals surface area contributed by atoms with Crippen molar-refractivity contribution >= 4 is 55.0 Å². The Labute approximate surface area is 462 Å². The van der Waals surface area contributed by atoms with Gasteiger partial charge in [-0.15, -0.1) is 12.8 Å². The molecule has 0 radical (unpaired) electrons. The highest BCUT2D eigenvalue weighted by atomic mass is 19.1. The smallest absolute Gasteiger partial charge is 0.318 e. The lowest BCUT2D eigenvalue weighted by atomic mass is 9.95. The number of hydrogen-bond donors (Lipinski definition) is 4. The van der Waals surface area contributed by atoms with Gasteiger partial charge in [0.2, 0.25) is 0 Å². The first-order valence-electron chi connectivity index (χ1n) is 27.5. The Kier molecular flexibility index (Phi) is 15.1. The molecule has 13 rings (SSSR count). The summed E-state index contributed by atoms with van der Waals surface area (Å²) in [6.45, 7) is 14.3. The second-order valence-electron chi connectivity index (χ2n) is 21.9. The molecule has 5 aliphatic heterocycles. The number of likely N-dealkylation sites (tertiary alicyclic amines) is 1. The van der Waals surface area contributed by atoms with E-state index in [1.807, 2.05) is 13.8 Å². The van der Waals surface area contributed by atoms with Crippen molar-refractivity contribution in [2.24, 2.45) is 0 Å². The van der Waals surface area contributed by atoms with E-state index in [4.69, 9.17) is 22.6 Å². The van der Waals surface area contributed by atoms with E-state index in [1.54, 1.807) is 6.20 Å². The summed E-state index contributed by atoms with van der Waals surface area (Å²) in [6, 6.07) is 13.3. The number of pyridine rings is 2. The van der Waals surface area contributed by atoms with E-state index in [9.17, 15) is 19.0 Å². The van der Waals surface area contributed by atoms with Crippen LogP contribution >= 0.6 is 0 Å². The van der Waals surface area contributed by atoms with Gasteiger partial charge in [0, 0.05) is 96.6 Å². The zero-order valence-electron chi connectivity index (χ0n) is 45.4. The Morgan fingerprint density at radius 3 is 1.51 bits per heavy atom. The highest BCUT2D eigenvalue weighted by Crippen LogP contribution is 2.42. The molecule has 412 valence electrons. The van der Waals surface area contributed by atoms with Gasteiger partial charge >= 0.3 is 6.01 Å². The lowest BCUT2D eigenvalue weighted by Gasteiger charge is -2.34. The normalized spacial score (nSPS) is 19.9. The van der Waals surface area contributed by atoms with Gasteiger partial charge in [-0.1, -0.05) is 37.8 Å². The van der Waals surface area contributed by atoms with Gasteiger partial charge in [0.15, 0.2) is 11.6 Å². The molecule has 0 aliphatic carbocycles. The first-order chi connectivity index (χ1) is 38.6. The van der Waals surface area contributed by atoms with E-state index < -0.39 is 23.3 Å². The largest absolute Gasteiger partial charge is 0.508 e. The highest BCUT2D eigenvalue weighted by molar-refractivity contribution is 6.04. The van der Waals surface area contributed by atoms with Crippen molar-refractivity contribution in [3.63, 3.8) is 0 Å². The summed E-state index contributed by atoms with van der Waals surface area (Å²) in [7, 11) is 1.43. The molecular weight excluding hydrogens is 1020 g/mol. The highest BCUT2D eigenvalue weighted by Gasteiger charge is 2.36. The SMILES string of the molecule is C#Cc1c(F)ccc2cc(O)cc(-c3ncc4c(N5CC6CCC(C5)N6)nc(C(C)CC)nc4c3F)c12.C#Cc1c(F)ccc2cc(O)cc(-c3ncc4c(N5CC6CCC(C5)N6)nc(OC)nc4c3F)c12.CC(C)N1CCCC1. The van der Waals surface area contributed by atoms with Crippen molar-refractivity contribution in [2.45, 2.75) is 109 Å². The predicted molar refractivity (Wildman–Crippen MR) is 305 cm³/mol. The minimum atomic E-state index is -0.735. The van der Waals surface area contributed by atoms with Crippen molar-refractivity contribution in [1.29, 1.82) is 0 Å². The Bertz CT molecular complexity index is 3780. The molecule has 4 aromatic carbocycles. The zero-order valence-corrected chi connectivity index (χ0v) is 45.4. The van der Waals surface area contributed by atoms with Crippen LogP contribution in [0.1, 0.15) is 95.5 Å². The molecule has 4 bridgehead atoms. The van der Waals surface area contributed by atoms with Crippen LogP contribution in [0.25, 0.3) is 65.9 Å². The fraction of sp³-hybridized carbons (Fsp3) is 0.387. The van der Waals surface area contributed by atoms with Gasteiger partial charge in [0.25, 0.3) is 0 Å². The molecule has 80 heavy (non-hydrogen) atoms. The first kappa shape index (κ1) is 54.1. The second kappa shape index (κ2) is 22.3. The maximum Gasteiger partial charge on any atom is 0.318 e. The fourth-order valence-electron chi connectivity index (χ4n) is 12.1. The Hall–Kier alpha value is -7.90. The minimum absolute atomic E-state index is 0.00578. The molecular formula is C62H63F4N11O3. The van der Waals surface area contributed by atoms with Crippen LogP contribution in [-0.2, 0) is 0 Å². The zero-order chi connectivity index (χ0) is 56.1. The van der Waals surface area contributed by atoms with Gasteiger partial charge < -0.3 is 40.3 Å². The summed E-state index contributed by atoms with van der Waals surface area (Å²) in [4.78, 5) is 34.1. The van der Waals surface area contributed by atoms with Crippen molar-refractivity contribution in [1.82, 2.24) is 45.4 Å². The van der Waals surface area contributed by atoms with E-state index in [1.165, 1.54) is 87.8 Å². The fourth-order valence-corrected chi connectivity index (χ4v) is 12.1. The summed E-state index contributed by atoms with van der Waals surface area (Å²) in [6.07, 6.45) is 22.3. The molecule has 5 aliphatic rings. The molecule has 18 heteroatoms. The second-order valence-corrected chi connectivity index (χ2v) is 21.9. The standard InChI is InChI=1S/C29H27F2N5O.C26H21F2N5O2.C7H15N/c1-4-15(3)28-34-27-22(29(35-28)36-13-17-7-8-18(14-36)33-17)12-32-26(25(27)31)21-11-19(37)10-16-6-9-23(30)20(5-2)24(16)21;1-3-17-20(27)7-4-13-8-16(34)9-18(21(13)17)23-22(28)24-19(10-29-23)25(32-26(31-24)35-2)33-11-14-5-6-15(12-33)30-14;1-7(2)8-5-3-4-6-8/h2,6,9-12,15,17-18,33,37H,4,7-8,13-14H2,1,3H3;1,4,7-10,14-15,30,34H,5-6,11-12H2,2H3;7H,3-6H2,1-2H3. The quantitative estimate of drug-likeness (QED) is 0.0841. The summed E-state index contributed by atoms with van der Waals surface area (Å²) in [5.41, 5.74) is 0.385. The third-order valence-corrected chi connectivity index (χ3v) is 16.4. The number of nitrogens with one attached hydrogen (secondary N) is 2. The molecule has 0 spiro atoms. The number of halogens is 4. The molecule has 5 saturated heterocycles. The van der Waals surface area contributed by atoms with E-state index >= 15 is 8.78 Å². The summed E-state index contributed by atoms with van der Waals surface area (Å²) in [5.74, 6) is 3.74. The van der Waals surface area contributed by atoms with Crippen molar-refractivity contribution in [3.05, 3.63) is 101 Å². The van der Waals surface area contributed by atoms with Crippen LogP contribution in [0.2, 0.25) is 0 Å². The van der Waals surface area contributed by atoms with Crippen LogP contribution < -0.4 is 25.2 Å². The van der Waals surface area contributed by atoms with E-state index in [2.05, 4.69) is 75.9 Å². The number of terminal acetylenes is 2. The van der Waals surface area contributed by atoms with Crippen LogP contribution in [0.5, 0.6) is 17.5 Å². The van der Waals surface area contributed by atoms with Gasteiger partial charge in [0.05, 0.1) is 29.0 Å². The topological polar surface area (TPSA) is 161 Å². The van der Waals surface area contributed by atoms with E-state index in [0.717, 1.165) is 64.3 Å². The number of aromatic hydroxyl groups is 2. The van der Waals surface area contributed by atoms with Crippen molar-refractivity contribution in [2.75, 3.05) is 56.2 Å². The molecule has 8 aromatic rings. The lowest BCUT2D eigenvalue weighted by molar-refractivity contribution is 0.276. The van der Waals surface area contributed by atoms with E-state index in [-0.39, 0.29) is 73.5 Å². The Morgan fingerprint density at radius 1 is 0.650 bits per heavy atom. The third kappa shape index (κ3) is 10.2. The van der Waals surface area contributed by atoms with Crippen LogP contribution in [0.3, 0.4) is 0 Å². The summed E-state index contributed by atoms with van der Waals surface area (Å²) >= 11 is 0. The number of methoxy groups -OCH3 is 1. The number of ether oxygens (including phenoxy) is 1. The molecule has 4 aromatic heterocycles. The number of piperazine rings is 2. The number of fused-ring (bicyclic) bond motifs is 8. The number of phenolic OH excluding ortho intramolecular Hbond substituents is 2. The molecule has 5 unspecified atom stereocenters. The van der Waals surface area contributed by atoms with Crippen LogP contribution in [0, 0.1) is 48.0 Å². The maximum atomic E-state index is 16.4.